The summed E-state index contributed by atoms with van der Waals surface area (Å²) in [5.41, 5.74) is 1.79. The Kier molecular flexibility index (Phi) is 5.94. The monoisotopic (exact) mass is 610 g/mol. The summed E-state index contributed by atoms with van der Waals surface area (Å²) in [4.78, 5) is 36.8. The molecule has 0 spiro atoms. The number of halogens is 7. The van der Waals surface area contributed by atoms with Gasteiger partial charge >= 0.3 is 0 Å². The number of nitrogens with one attached hydrogen (secondary N) is 1. The van der Waals surface area contributed by atoms with E-state index in [1.165, 1.54) is 24.3 Å². The molecule has 3 amide bonds. The van der Waals surface area contributed by atoms with Crippen LogP contribution < -0.4 is 10.2 Å². The van der Waals surface area contributed by atoms with E-state index in [0.29, 0.717) is 16.3 Å². The molecule has 3 aliphatic rings. The number of amides is 3. The molecule has 2 fully saturated rings. The Labute approximate surface area is 235 Å². The fourth-order valence-corrected chi connectivity index (χ4v) is 8.05. The van der Waals surface area contributed by atoms with Gasteiger partial charge < -0.3 is 5.32 Å². The van der Waals surface area contributed by atoms with Crippen molar-refractivity contribution in [3.05, 3.63) is 68.7 Å². The Hall–Kier alpha value is -1.18. The molecular formula is C23H13Cl7N2O3. The van der Waals surface area contributed by atoms with Crippen molar-refractivity contribution >= 4 is 110 Å². The van der Waals surface area contributed by atoms with E-state index >= 15 is 0 Å². The molecule has 1 saturated carbocycles. The molecule has 1 N–H and O–H groups in total. The van der Waals surface area contributed by atoms with Crippen LogP contribution in [0.3, 0.4) is 0 Å². The van der Waals surface area contributed by atoms with E-state index in [9.17, 15) is 14.4 Å². The second-order valence-electron chi connectivity index (χ2n) is 8.51. The lowest BCUT2D eigenvalue weighted by molar-refractivity contribution is -0.123. The largest absolute Gasteiger partial charge is 0.322 e. The van der Waals surface area contributed by atoms with E-state index in [1.54, 1.807) is 25.1 Å². The van der Waals surface area contributed by atoms with Gasteiger partial charge in [-0.15, -0.1) is 23.2 Å². The second kappa shape index (κ2) is 8.16. The highest BCUT2D eigenvalue weighted by molar-refractivity contribution is 6.67. The lowest BCUT2D eigenvalue weighted by Gasteiger charge is -2.34. The number of hydrogen-bond acceptors (Lipinski definition) is 3. The summed E-state index contributed by atoms with van der Waals surface area (Å²) < 4.78 is -2.00. The summed E-state index contributed by atoms with van der Waals surface area (Å²) in [5, 5.41) is 2.99. The fraction of sp³-hybridized carbons (Fsp3) is 0.261. The van der Waals surface area contributed by atoms with Crippen molar-refractivity contribution in [2.45, 2.75) is 21.0 Å². The number of allylic oxidation sites excluding steroid dienone is 2. The average molecular weight is 614 g/mol. The third kappa shape index (κ3) is 3.07. The topological polar surface area (TPSA) is 66.5 Å². The summed E-state index contributed by atoms with van der Waals surface area (Å²) in [7, 11) is 0. The van der Waals surface area contributed by atoms with Gasteiger partial charge in [0.25, 0.3) is 5.91 Å². The minimum Gasteiger partial charge on any atom is -0.322 e. The second-order valence-corrected chi connectivity index (χ2v) is 12.2. The number of carbonyl (C=O) groups excluding carboxylic acids is 3. The Bertz CT molecular complexity index is 1310. The van der Waals surface area contributed by atoms with Gasteiger partial charge in [0.1, 0.15) is 9.75 Å². The highest BCUT2D eigenvalue weighted by Gasteiger charge is 2.87. The molecule has 35 heavy (non-hydrogen) atoms. The minimum atomic E-state index is -2.00. The maximum absolute atomic E-state index is 13.4. The maximum Gasteiger partial charge on any atom is 0.255 e. The molecule has 0 radical (unpaired) electrons. The first-order valence-corrected chi connectivity index (χ1v) is 12.8. The highest BCUT2D eigenvalue weighted by atomic mass is 35.5. The first kappa shape index (κ1) is 25.5. The molecule has 4 atom stereocenters. The van der Waals surface area contributed by atoms with Gasteiger partial charge in [-0.2, -0.15) is 0 Å². The quantitative estimate of drug-likeness (QED) is 0.304. The number of fused-ring (bicyclic) bond motifs is 5. The molecule has 2 bridgehead atoms. The van der Waals surface area contributed by atoms with Gasteiger partial charge in [0, 0.05) is 16.3 Å². The van der Waals surface area contributed by atoms with Crippen LogP contribution in [0.25, 0.3) is 0 Å². The molecule has 2 aromatic carbocycles. The van der Waals surface area contributed by atoms with Crippen LogP contribution in [0, 0.1) is 18.8 Å². The Morgan fingerprint density at radius 2 is 1.37 bits per heavy atom. The van der Waals surface area contributed by atoms with E-state index in [4.69, 9.17) is 81.2 Å². The van der Waals surface area contributed by atoms with Gasteiger partial charge in [0.2, 0.25) is 11.8 Å². The zero-order chi connectivity index (χ0) is 25.7. The van der Waals surface area contributed by atoms with Crippen LogP contribution in [-0.4, -0.2) is 31.8 Å². The first-order chi connectivity index (χ1) is 16.3. The molecule has 12 heteroatoms. The van der Waals surface area contributed by atoms with Crippen LogP contribution in [0.5, 0.6) is 0 Å². The van der Waals surface area contributed by atoms with Crippen molar-refractivity contribution in [1.82, 2.24) is 0 Å². The number of alkyl halides is 4. The van der Waals surface area contributed by atoms with Crippen LogP contribution in [0.15, 0.2) is 52.5 Å². The molecule has 1 heterocycles. The molecular weight excluding hydrogens is 600 g/mol. The van der Waals surface area contributed by atoms with Crippen molar-refractivity contribution < 1.29 is 14.4 Å². The standard InChI is InChI=1S/C23H13Cl7N2O3/c1-9-12(24)3-2-4-13(9)31-18(33)10-5-7-11(8-6-10)32-19(34)14-15(20(32)35)22(28)17(26)16(25)21(14,27)23(22,29)30/h2-8,14-15H,1H3,(H,31,33)/t14-,15-,21+,22+/m0/s1. The molecule has 1 saturated heterocycles. The third-order valence-electron chi connectivity index (χ3n) is 6.81. The van der Waals surface area contributed by atoms with Crippen molar-refractivity contribution in [1.29, 1.82) is 0 Å². The van der Waals surface area contributed by atoms with Crippen molar-refractivity contribution in [2.75, 3.05) is 10.2 Å². The number of imide groups is 1. The molecule has 1 aliphatic heterocycles. The molecule has 5 nitrogen and oxygen atoms in total. The maximum atomic E-state index is 13.4. The number of hydrogen-bond donors (Lipinski definition) is 1. The first-order valence-electron chi connectivity index (χ1n) is 10.2. The minimum absolute atomic E-state index is 0.159. The van der Waals surface area contributed by atoms with Gasteiger partial charge in [-0.1, -0.05) is 64.1 Å². The zero-order valence-electron chi connectivity index (χ0n) is 17.5. The molecule has 0 unspecified atom stereocenters. The number of nitrogens with zero attached hydrogens (tertiary/aromatic N) is 1. The molecule has 2 aromatic rings. The van der Waals surface area contributed by atoms with Crippen LogP contribution in [0.1, 0.15) is 15.9 Å². The molecule has 5 rings (SSSR count). The summed E-state index contributed by atoms with van der Waals surface area (Å²) in [6.07, 6.45) is 0. The van der Waals surface area contributed by atoms with Gasteiger partial charge in [-0.05, 0) is 48.9 Å². The normalized spacial score (nSPS) is 30.8. The number of benzene rings is 2. The number of anilines is 2. The van der Waals surface area contributed by atoms with Crippen LogP contribution in [-0.2, 0) is 9.59 Å². The average Bonchev–Trinajstić information content (AvgIpc) is 3.20. The van der Waals surface area contributed by atoms with Crippen molar-refractivity contribution in [3.8, 4) is 0 Å². The van der Waals surface area contributed by atoms with E-state index in [-0.39, 0.29) is 15.8 Å². The summed E-state index contributed by atoms with van der Waals surface area (Å²) in [5.74, 6) is -4.19. The van der Waals surface area contributed by atoms with Gasteiger partial charge in [0.05, 0.1) is 27.6 Å². The van der Waals surface area contributed by atoms with Gasteiger partial charge in [-0.3, -0.25) is 14.4 Å². The predicted molar refractivity (Wildman–Crippen MR) is 140 cm³/mol. The zero-order valence-corrected chi connectivity index (χ0v) is 22.8. The summed E-state index contributed by atoms with van der Waals surface area (Å²) in [6.45, 7) is 1.78. The Balaban J connectivity index is 1.44. The van der Waals surface area contributed by atoms with Crippen molar-refractivity contribution in [2.24, 2.45) is 11.8 Å². The van der Waals surface area contributed by atoms with Crippen LogP contribution in [0.2, 0.25) is 5.02 Å². The third-order valence-corrected chi connectivity index (χ3v) is 11.5. The van der Waals surface area contributed by atoms with Crippen molar-refractivity contribution in [3.63, 3.8) is 0 Å². The van der Waals surface area contributed by atoms with E-state index in [0.717, 1.165) is 10.5 Å². The molecule has 0 aromatic heterocycles. The Morgan fingerprint density at radius 3 is 1.89 bits per heavy atom. The smallest absolute Gasteiger partial charge is 0.255 e. The van der Waals surface area contributed by atoms with Gasteiger partial charge in [0.15, 0.2) is 4.33 Å². The lowest BCUT2D eigenvalue weighted by Crippen LogP contribution is -2.50. The van der Waals surface area contributed by atoms with Gasteiger partial charge in [-0.25, -0.2) is 4.90 Å². The fourth-order valence-electron chi connectivity index (χ4n) is 4.95. The summed E-state index contributed by atoms with van der Waals surface area (Å²) in [6, 6.07) is 11.1. The number of carbonyl (C=O) groups is 3. The lowest BCUT2D eigenvalue weighted by atomic mass is 9.84. The van der Waals surface area contributed by atoms with E-state index in [2.05, 4.69) is 5.32 Å². The molecule has 182 valence electrons. The molecule has 2 aliphatic carbocycles. The van der Waals surface area contributed by atoms with E-state index in [1.807, 2.05) is 0 Å². The SMILES string of the molecule is Cc1c(Cl)cccc1NC(=O)c1ccc(N2C(=O)[C@@H]3[C@@H](C2=O)[C@@]2(Cl)C(Cl)=C(Cl)[C@@]3(Cl)C2(Cl)Cl)cc1. The summed E-state index contributed by atoms with van der Waals surface area (Å²) >= 11 is 45.2. The number of rotatable bonds is 3. The van der Waals surface area contributed by atoms with E-state index < -0.39 is 43.6 Å². The van der Waals surface area contributed by atoms with Crippen LogP contribution in [0.4, 0.5) is 11.4 Å². The highest BCUT2D eigenvalue weighted by Crippen LogP contribution is 2.77. The van der Waals surface area contributed by atoms with Crippen LogP contribution >= 0.6 is 81.2 Å². The Morgan fingerprint density at radius 1 is 0.857 bits per heavy atom. The predicted octanol–water partition coefficient (Wildman–Crippen LogP) is 6.85.